The van der Waals surface area contributed by atoms with Gasteiger partial charge in [-0.15, -0.1) is 11.8 Å². The smallest absolute Gasteiger partial charge is 0.116 e. The Balaban J connectivity index is 1.97. The van der Waals surface area contributed by atoms with E-state index in [-0.39, 0.29) is 11.0 Å². The quantitative estimate of drug-likeness (QED) is 0.628. The maximum Gasteiger partial charge on any atom is 0.116 e. The van der Waals surface area contributed by atoms with E-state index in [0.29, 0.717) is 0 Å². The maximum atomic E-state index is 9.53. The Morgan fingerprint density at radius 3 is 3.00 bits per heavy atom. The van der Waals surface area contributed by atoms with Gasteiger partial charge in [0.05, 0.1) is 12.7 Å². The number of rotatable bonds is 0. The van der Waals surface area contributed by atoms with Gasteiger partial charge in [0.1, 0.15) is 4.93 Å². The Bertz CT molecular complexity index is 149. The second kappa shape index (κ2) is 3.56. The molecule has 0 aromatic heterocycles. The number of aliphatic hydroxyl groups is 1. The highest BCUT2D eigenvalue weighted by molar-refractivity contribution is 8.00. The van der Waals surface area contributed by atoms with Crippen molar-refractivity contribution in [2.75, 3.05) is 12.4 Å². The van der Waals surface area contributed by atoms with Crippen molar-refractivity contribution in [1.82, 2.24) is 0 Å². The molecule has 1 N–H and O–H groups in total. The summed E-state index contributed by atoms with van der Waals surface area (Å²) in [5.41, 5.74) is 0. The van der Waals surface area contributed by atoms with Gasteiger partial charge in [-0.25, -0.2) is 0 Å². The second-order valence-electron chi connectivity index (χ2n) is 3.71. The highest BCUT2D eigenvalue weighted by Crippen LogP contribution is 2.43. The largest absolute Gasteiger partial charge is 0.393 e. The van der Waals surface area contributed by atoms with E-state index in [1.165, 1.54) is 18.6 Å². The summed E-state index contributed by atoms with van der Waals surface area (Å²) in [5, 5.41) is 9.53. The molecule has 2 heterocycles. The van der Waals surface area contributed by atoms with E-state index < -0.39 is 0 Å². The first-order valence-corrected chi connectivity index (χ1v) is 5.75. The molecule has 0 bridgehead atoms. The molecule has 3 heteroatoms. The Kier molecular flexibility index (Phi) is 2.63. The van der Waals surface area contributed by atoms with E-state index >= 15 is 0 Å². The van der Waals surface area contributed by atoms with Gasteiger partial charge in [-0.2, -0.15) is 0 Å². The van der Waals surface area contributed by atoms with Crippen LogP contribution in [0.3, 0.4) is 0 Å². The molecule has 2 rings (SSSR count). The van der Waals surface area contributed by atoms with Crippen LogP contribution in [0, 0.1) is 0 Å². The molecule has 0 aromatic carbocycles. The van der Waals surface area contributed by atoms with Crippen molar-refractivity contribution in [3.8, 4) is 0 Å². The Hall–Kier alpha value is 0.270. The van der Waals surface area contributed by atoms with Gasteiger partial charge in [-0.3, -0.25) is 0 Å². The van der Waals surface area contributed by atoms with Crippen molar-refractivity contribution in [2.45, 2.75) is 43.1 Å². The third kappa shape index (κ3) is 1.78. The molecule has 0 unspecified atom stereocenters. The van der Waals surface area contributed by atoms with E-state index in [2.05, 4.69) is 0 Å². The first-order valence-electron chi connectivity index (χ1n) is 4.77. The third-order valence-corrected chi connectivity index (χ3v) is 4.19. The summed E-state index contributed by atoms with van der Waals surface area (Å²) in [5.74, 6) is 1.20. The molecule has 2 aliphatic heterocycles. The number of aliphatic hydroxyl groups excluding tert-OH is 1. The molecule has 2 nitrogen and oxygen atoms in total. The molecule has 0 saturated carbocycles. The van der Waals surface area contributed by atoms with Crippen LogP contribution in [0.2, 0.25) is 0 Å². The van der Waals surface area contributed by atoms with Crippen LogP contribution < -0.4 is 0 Å². The SMILES string of the molecule is O[C@@H]1CCO[C@]2(CCCCS2)C1. The van der Waals surface area contributed by atoms with E-state index in [1.54, 1.807) is 0 Å². The first kappa shape index (κ1) is 8.85. The lowest BCUT2D eigenvalue weighted by Crippen LogP contribution is -2.40. The van der Waals surface area contributed by atoms with Crippen LogP contribution in [0.1, 0.15) is 32.1 Å². The molecular formula is C9H16O2S. The van der Waals surface area contributed by atoms with E-state index in [1.807, 2.05) is 11.8 Å². The standard InChI is InChI=1S/C9H16O2S/c10-8-3-5-11-9(7-8)4-1-2-6-12-9/h8,10H,1-7H2/t8-,9+/m1/s1. The van der Waals surface area contributed by atoms with Gasteiger partial charge in [0.25, 0.3) is 0 Å². The third-order valence-electron chi connectivity index (χ3n) is 2.68. The Morgan fingerprint density at radius 1 is 1.42 bits per heavy atom. The van der Waals surface area contributed by atoms with Crippen LogP contribution in [0.5, 0.6) is 0 Å². The minimum atomic E-state index is -0.121. The van der Waals surface area contributed by atoms with Crippen molar-refractivity contribution >= 4 is 11.8 Å². The maximum absolute atomic E-state index is 9.53. The molecule has 2 aliphatic rings. The van der Waals surface area contributed by atoms with Crippen molar-refractivity contribution in [3.05, 3.63) is 0 Å². The predicted octanol–water partition coefficient (Wildman–Crippen LogP) is 1.77. The average Bonchev–Trinajstić information content (AvgIpc) is 2.05. The fourth-order valence-corrected chi connectivity index (χ4v) is 3.49. The van der Waals surface area contributed by atoms with E-state index in [9.17, 15) is 5.11 Å². The average molecular weight is 188 g/mol. The van der Waals surface area contributed by atoms with Gasteiger partial charge in [0, 0.05) is 6.42 Å². The summed E-state index contributed by atoms with van der Waals surface area (Å²) in [7, 11) is 0. The van der Waals surface area contributed by atoms with Crippen LogP contribution in [-0.4, -0.2) is 28.5 Å². The van der Waals surface area contributed by atoms with Crippen molar-refractivity contribution < 1.29 is 9.84 Å². The Labute approximate surface area is 77.7 Å². The van der Waals surface area contributed by atoms with Gasteiger partial charge in [0.15, 0.2) is 0 Å². The zero-order valence-corrected chi connectivity index (χ0v) is 8.11. The molecule has 0 aliphatic carbocycles. The molecule has 2 fully saturated rings. The fraction of sp³-hybridized carbons (Fsp3) is 1.00. The molecule has 0 aromatic rings. The second-order valence-corrected chi connectivity index (χ2v) is 5.15. The fourth-order valence-electron chi connectivity index (χ4n) is 2.00. The normalized spacial score (nSPS) is 43.2. The zero-order chi connectivity index (χ0) is 8.44. The lowest BCUT2D eigenvalue weighted by Gasteiger charge is -2.41. The molecule has 1 spiro atoms. The van der Waals surface area contributed by atoms with Crippen LogP contribution in [0.25, 0.3) is 0 Å². The monoisotopic (exact) mass is 188 g/mol. The summed E-state index contributed by atoms with van der Waals surface area (Å²) in [6, 6.07) is 0. The number of ether oxygens (including phenoxy) is 1. The van der Waals surface area contributed by atoms with Gasteiger partial charge >= 0.3 is 0 Å². The molecular weight excluding hydrogens is 172 g/mol. The molecule has 70 valence electrons. The summed E-state index contributed by atoms with van der Waals surface area (Å²) < 4.78 is 5.78. The number of thioether (sulfide) groups is 1. The number of hydrogen-bond donors (Lipinski definition) is 1. The van der Waals surface area contributed by atoms with Gasteiger partial charge < -0.3 is 9.84 Å². The zero-order valence-electron chi connectivity index (χ0n) is 7.29. The summed E-state index contributed by atoms with van der Waals surface area (Å²) in [4.78, 5) is -0.00405. The lowest BCUT2D eigenvalue weighted by molar-refractivity contribution is -0.0695. The van der Waals surface area contributed by atoms with Crippen LogP contribution in [0.4, 0.5) is 0 Å². The topological polar surface area (TPSA) is 29.5 Å². The van der Waals surface area contributed by atoms with Crippen molar-refractivity contribution in [2.24, 2.45) is 0 Å². The van der Waals surface area contributed by atoms with Crippen molar-refractivity contribution in [3.63, 3.8) is 0 Å². The van der Waals surface area contributed by atoms with Crippen LogP contribution >= 0.6 is 11.8 Å². The lowest BCUT2D eigenvalue weighted by atomic mass is 10.0. The molecule has 0 radical (unpaired) electrons. The van der Waals surface area contributed by atoms with E-state index in [4.69, 9.17) is 4.74 Å². The first-order chi connectivity index (χ1) is 5.81. The van der Waals surface area contributed by atoms with Gasteiger partial charge in [0.2, 0.25) is 0 Å². The highest BCUT2D eigenvalue weighted by Gasteiger charge is 2.38. The summed E-state index contributed by atoms with van der Waals surface area (Å²) in [6.45, 7) is 0.744. The van der Waals surface area contributed by atoms with Gasteiger partial charge in [-0.1, -0.05) is 0 Å². The Morgan fingerprint density at radius 2 is 2.33 bits per heavy atom. The molecule has 2 saturated heterocycles. The predicted molar refractivity (Wildman–Crippen MR) is 50.2 cm³/mol. The summed E-state index contributed by atoms with van der Waals surface area (Å²) in [6.07, 6.45) is 5.25. The number of hydrogen-bond acceptors (Lipinski definition) is 3. The minimum absolute atomic E-state index is 0.00405. The summed E-state index contributed by atoms with van der Waals surface area (Å²) >= 11 is 1.91. The van der Waals surface area contributed by atoms with Crippen molar-refractivity contribution in [1.29, 1.82) is 0 Å². The van der Waals surface area contributed by atoms with Crippen LogP contribution in [0.15, 0.2) is 0 Å². The van der Waals surface area contributed by atoms with Crippen LogP contribution in [-0.2, 0) is 4.74 Å². The van der Waals surface area contributed by atoms with Gasteiger partial charge in [-0.05, 0) is 31.4 Å². The highest BCUT2D eigenvalue weighted by atomic mass is 32.2. The minimum Gasteiger partial charge on any atom is -0.393 e. The molecule has 12 heavy (non-hydrogen) atoms. The molecule has 2 atom stereocenters. The van der Waals surface area contributed by atoms with E-state index in [0.717, 1.165) is 25.9 Å². The molecule has 0 amide bonds.